The first-order chi connectivity index (χ1) is 16.0. The molecule has 0 aromatic heterocycles. The summed E-state index contributed by atoms with van der Waals surface area (Å²) in [5, 5.41) is 20.1. The van der Waals surface area contributed by atoms with Crippen LogP contribution >= 0.6 is 0 Å². The number of benzene rings is 3. The van der Waals surface area contributed by atoms with E-state index in [4.69, 9.17) is 15.3 Å². The monoisotopic (exact) mass is 445 g/mol. The number of unbranched alkanes of at least 4 members (excludes halogenated alkanes) is 3. The molecule has 0 atom stereocenters. The quantitative estimate of drug-likeness (QED) is 0.266. The Morgan fingerprint density at radius 3 is 2.15 bits per heavy atom. The molecule has 33 heavy (non-hydrogen) atoms. The van der Waals surface area contributed by atoms with E-state index in [-0.39, 0.29) is 11.5 Å². The molecule has 0 fully saturated rings. The predicted octanol–water partition coefficient (Wildman–Crippen LogP) is 5.40. The maximum absolute atomic E-state index is 13.4. The normalized spacial score (nSPS) is 14.8. The van der Waals surface area contributed by atoms with Crippen LogP contribution in [0.5, 0.6) is 23.0 Å². The molecule has 4 N–H and O–H groups in total. The lowest BCUT2D eigenvalue weighted by molar-refractivity contribution is 0.0223. The predicted molar refractivity (Wildman–Crippen MR) is 123 cm³/mol. The van der Waals surface area contributed by atoms with Crippen LogP contribution in [-0.2, 0) is 16.8 Å². The van der Waals surface area contributed by atoms with Crippen LogP contribution in [0.2, 0.25) is 0 Å². The number of rotatable bonds is 6. The Bertz CT molecular complexity index is 1200. The number of anilines is 1. The Morgan fingerprint density at radius 2 is 1.55 bits per heavy atom. The second-order valence-corrected chi connectivity index (χ2v) is 8.48. The van der Waals surface area contributed by atoms with E-state index in [9.17, 15) is 15.0 Å². The van der Waals surface area contributed by atoms with Gasteiger partial charge in [0.2, 0.25) is 0 Å². The van der Waals surface area contributed by atoms with E-state index >= 15 is 0 Å². The number of hydrogen-bond donors (Lipinski definition) is 3. The molecule has 7 heteroatoms. The van der Waals surface area contributed by atoms with Gasteiger partial charge in [0, 0.05) is 28.8 Å². The van der Waals surface area contributed by atoms with Crippen LogP contribution < -0.4 is 16.0 Å². The average molecular weight is 445 g/mol. The number of phenols is 2. The van der Waals surface area contributed by atoms with Crippen molar-refractivity contribution in [3.8, 4) is 23.0 Å². The Morgan fingerprint density at radius 1 is 0.909 bits per heavy atom. The van der Waals surface area contributed by atoms with Crippen LogP contribution in [0.25, 0.3) is 0 Å². The molecule has 0 saturated carbocycles. The number of hydrogen-bond acceptors (Lipinski definition) is 6. The third-order valence-electron chi connectivity index (χ3n) is 6.47. The van der Waals surface area contributed by atoms with Crippen molar-refractivity contribution in [1.82, 2.24) is 5.84 Å². The smallest absolute Gasteiger partial charge is 0.340 e. The van der Waals surface area contributed by atoms with Gasteiger partial charge in [0.05, 0.1) is 11.3 Å². The summed E-state index contributed by atoms with van der Waals surface area (Å²) >= 11 is 0. The topological polar surface area (TPSA) is 112 Å². The first-order valence-electron chi connectivity index (χ1n) is 11.2. The number of ether oxygens (including phenoxy) is 2. The number of fused-ring (bicyclic) bond motifs is 6. The number of esters is 1. The molecular formula is C26H25N2O5. The zero-order valence-corrected chi connectivity index (χ0v) is 18.3. The first kappa shape index (κ1) is 21.2. The third-order valence-corrected chi connectivity index (χ3v) is 6.47. The minimum Gasteiger partial charge on any atom is -0.508 e. The van der Waals surface area contributed by atoms with Crippen molar-refractivity contribution in [3.63, 3.8) is 0 Å². The van der Waals surface area contributed by atoms with Crippen LogP contribution in [0.3, 0.4) is 0 Å². The molecule has 0 saturated heterocycles. The van der Waals surface area contributed by atoms with E-state index in [2.05, 4.69) is 12.3 Å². The maximum atomic E-state index is 13.4. The fraction of sp³-hybridized carbons (Fsp3) is 0.269. The zero-order chi connectivity index (χ0) is 23.2. The number of carbonyl (C=O) groups excluding carboxylic acids is 1. The average Bonchev–Trinajstić information content (AvgIpc) is 3.09. The molecular weight excluding hydrogens is 420 g/mol. The van der Waals surface area contributed by atoms with Crippen LogP contribution in [0.15, 0.2) is 48.5 Å². The lowest BCUT2D eigenvalue weighted by Crippen LogP contribution is -2.32. The van der Waals surface area contributed by atoms with E-state index in [1.165, 1.54) is 24.3 Å². The molecule has 0 aliphatic carbocycles. The highest BCUT2D eigenvalue weighted by Crippen LogP contribution is 2.57. The van der Waals surface area contributed by atoms with Gasteiger partial charge in [-0.15, -0.1) is 0 Å². The number of phenolic OH excluding ortho intramolecular Hbond substituents is 2. The second kappa shape index (κ2) is 8.01. The molecule has 0 unspecified atom stereocenters. The molecule has 3 aromatic rings. The minimum atomic E-state index is -1.28. The van der Waals surface area contributed by atoms with Gasteiger partial charge in [-0.3, -0.25) is 0 Å². The Kier molecular flexibility index (Phi) is 5.13. The third kappa shape index (κ3) is 3.19. The van der Waals surface area contributed by atoms with Crippen LogP contribution in [0.1, 0.15) is 65.2 Å². The van der Waals surface area contributed by atoms with Crippen molar-refractivity contribution < 1.29 is 24.5 Å². The maximum Gasteiger partial charge on any atom is 0.340 e. The molecule has 3 aromatic carbocycles. The summed E-state index contributed by atoms with van der Waals surface area (Å²) in [5.74, 6) is 8.03. The fourth-order valence-corrected chi connectivity index (χ4v) is 4.96. The largest absolute Gasteiger partial charge is 0.508 e. The summed E-state index contributed by atoms with van der Waals surface area (Å²) in [4.78, 5) is 13.4. The van der Waals surface area contributed by atoms with Crippen molar-refractivity contribution in [2.24, 2.45) is 0 Å². The molecule has 5 rings (SSSR count). The summed E-state index contributed by atoms with van der Waals surface area (Å²) in [6.45, 7) is 2.15. The Labute approximate surface area is 191 Å². The summed E-state index contributed by atoms with van der Waals surface area (Å²) in [7, 11) is 0. The number of aromatic hydroxyl groups is 2. The molecule has 2 aliphatic rings. The number of nitrogens with one attached hydrogen (secondary N) is 2. The fourth-order valence-electron chi connectivity index (χ4n) is 4.96. The van der Waals surface area contributed by atoms with Gasteiger partial charge >= 0.3 is 5.97 Å². The Hall–Kier alpha value is -3.71. The summed E-state index contributed by atoms with van der Waals surface area (Å²) in [6.07, 6.45) is 4.80. The van der Waals surface area contributed by atoms with Crippen molar-refractivity contribution in [1.29, 1.82) is 0 Å². The summed E-state index contributed by atoms with van der Waals surface area (Å²) in [5.41, 5.74) is 4.87. The molecule has 7 nitrogen and oxygen atoms in total. The number of carbonyl (C=O) groups is 1. The van der Waals surface area contributed by atoms with E-state index in [0.29, 0.717) is 45.9 Å². The van der Waals surface area contributed by atoms with Gasteiger partial charge in [0.25, 0.3) is 0 Å². The van der Waals surface area contributed by atoms with Crippen molar-refractivity contribution in [3.05, 3.63) is 76.3 Å². The van der Waals surface area contributed by atoms with Gasteiger partial charge < -0.3 is 25.1 Å². The molecule has 169 valence electrons. The summed E-state index contributed by atoms with van der Waals surface area (Å²) < 4.78 is 12.2. The SMILES string of the molecule is CCCCCCc1c(N[NH])ccc2c1C(=O)OC21c2ccc(O)cc2Oc2cc(O)ccc21. The van der Waals surface area contributed by atoms with E-state index in [0.717, 1.165) is 31.2 Å². The van der Waals surface area contributed by atoms with E-state index in [1.54, 1.807) is 18.2 Å². The second-order valence-electron chi connectivity index (χ2n) is 8.48. The van der Waals surface area contributed by atoms with Gasteiger partial charge in [-0.25, -0.2) is 4.79 Å². The van der Waals surface area contributed by atoms with Gasteiger partial charge in [0.1, 0.15) is 23.0 Å². The van der Waals surface area contributed by atoms with Crippen molar-refractivity contribution in [2.45, 2.75) is 44.6 Å². The van der Waals surface area contributed by atoms with Gasteiger partial charge in [0.15, 0.2) is 5.60 Å². The van der Waals surface area contributed by atoms with E-state index in [1.807, 2.05) is 6.07 Å². The molecule has 1 spiro atoms. The van der Waals surface area contributed by atoms with Crippen LogP contribution in [0, 0.1) is 0 Å². The lowest BCUT2D eigenvalue weighted by Gasteiger charge is -2.36. The molecule has 1 radical (unpaired) electrons. The highest BCUT2D eigenvalue weighted by Gasteiger charge is 2.54. The highest BCUT2D eigenvalue weighted by molar-refractivity contribution is 6.00. The van der Waals surface area contributed by atoms with Crippen LogP contribution in [0.4, 0.5) is 5.69 Å². The van der Waals surface area contributed by atoms with Crippen LogP contribution in [-0.4, -0.2) is 16.2 Å². The van der Waals surface area contributed by atoms with Gasteiger partial charge in [-0.2, -0.15) is 5.84 Å². The molecule has 0 bridgehead atoms. The molecule has 2 heterocycles. The minimum absolute atomic E-state index is 0.0161. The van der Waals surface area contributed by atoms with Gasteiger partial charge in [-0.05, 0) is 48.7 Å². The first-order valence-corrected chi connectivity index (χ1v) is 11.2. The Balaban J connectivity index is 1.75. The standard InChI is InChI=1S/C26H25N2O5/c1-2-3-4-5-6-17-21(28-27)12-11-20-24(17)25(31)33-26(20)18-9-7-15(29)13-22(18)32-23-14-16(30)8-10-19(23)26/h7-14,27-30H,2-6H2,1H3. The van der Waals surface area contributed by atoms with E-state index < -0.39 is 11.6 Å². The zero-order valence-electron chi connectivity index (χ0n) is 18.3. The van der Waals surface area contributed by atoms with Gasteiger partial charge in [-0.1, -0.05) is 32.3 Å². The van der Waals surface area contributed by atoms with Crippen molar-refractivity contribution >= 4 is 11.7 Å². The van der Waals surface area contributed by atoms with Crippen molar-refractivity contribution in [2.75, 3.05) is 5.43 Å². The molecule has 2 aliphatic heterocycles. The summed E-state index contributed by atoms with van der Waals surface area (Å²) in [6, 6.07) is 13.0. The lowest BCUT2D eigenvalue weighted by atomic mass is 9.76. The molecule has 0 amide bonds. The highest BCUT2D eigenvalue weighted by atomic mass is 16.6.